The molecule has 3 rings (SSSR count). The van der Waals surface area contributed by atoms with Crippen LogP contribution in [0.15, 0.2) is 17.4 Å². The predicted octanol–water partition coefficient (Wildman–Crippen LogP) is 2.76. The van der Waals surface area contributed by atoms with Crippen LogP contribution in [0.25, 0.3) is 0 Å². The Morgan fingerprint density at radius 1 is 1.55 bits per heavy atom. The number of hydrogen-bond acceptors (Lipinski definition) is 0. The first-order chi connectivity index (χ1) is 5.25. The van der Waals surface area contributed by atoms with Crippen LogP contribution in [0.2, 0.25) is 0 Å². The minimum atomic E-state index is 0.652. The summed E-state index contributed by atoms with van der Waals surface area (Å²) in [5.74, 6) is 2.69. The fraction of sp³-hybridized carbons (Fsp3) is 0.727. The SMILES string of the molecule is CC1CC23C1=C=CC2CC3C. The Morgan fingerprint density at radius 3 is 2.91 bits per heavy atom. The highest BCUT2D eigenvalue weighted by Gasteiger charge is 2.62. The second kappa shape index (κ2) is 1.49. The minimum absolute atomic E-state index is 0.652. The lowest BCUT2D eigenvalue weighted by molar-refractivity contribution is -0.0434. The first-order valence-corrected chi connectivity index (χ1v) is 4.72. The average molecular weight is 146 g/mol. The number of rotatable bonds is 0. The fourth-order valence-corrected chi connectivity index (χ4v) is 3.55. The van der Waals surface area contributed by atoms with Crippen molar-refractivity contribution in [2.24, 2.45) is 23.2 Å². The van der Waals surface area contributed by atoms with Crippen LogP contribution >= 0.6 is 0 Å². The van der Waals surface area contributed by atoms with Gasteiger partial charge in [-0.25, -0.2) is 0 Å². The zero-order chi connectivity index (χ0) is 7.64. The molecule has 0 aromatic heterocycles. The first-order valence-electron chi connectivity index (χ1n) is 4.72. The third kappa shape index (κ3) is 0.427. The van der Waals surface area contributed by atoms with Gasteiger partial charge in [0.15, 0.2) is 0 Å². The van der Waals surface area contributed by atoms with Crippen LogP contribution < -0.4 is 0 Å². The van der Waals surface area contributed by atoms with Gasteiger partial charge in [0.25, 0.3) is 0 Å². The molecule has 3 aliphatic carbocycles. The van der Waals surface area contributed by atoms with Crippen molar-refractivity contribution in [1.29, 1.82) is 0 Å². The van der Waals surface area contributed by atoms with Crippen LogP contribution in [0.3, 0.4) is 0 Å². The lowest BCUT2D eigenvalue weighted by Gasteiger charge is -2.61. The van der Waals surface area contributed by atoms with Gasteiger partial charge in [0.05, 0.1) is 0 Å². The van der Waals surface area contributed by atoms with Crippen molar-refractivity contribution in [3.8, 4) is 0 Å². The summed E-state index contributed by atoms with van der Waals surface area (Å²) < 4.78 is 0. The summed E-state index contributed by atoms with van der Waals surface area (Å²) in [4.78, 5) is 0. The molecule has 0 heteroatoms. The Kier molecular flexibility index (Phi) is 0.825. The molecule has 0 nitrogen and oxygen atoms in total. The van der Waals surface area contributed by atoms with E-state index in [1.54, 1.807) is 5.57 Å². The topological polar surface area (TPSA) is 0 Å². The first kappa shape index (κ1) is 6.08. The minimum Gasteiger partial charge on any atom is -0.125 e. The zero-order valence-electron chi connectivity index (χ0n) is 7.22. The molecule has 0 bridgehead atoms. The molecule has 0 N–H and O–H groups in total. The molecule has 58 valence electrons. The Balaban J connectivity index is 2.05. The lowest BCUT2D eigenvalue weighted by Crippen LogP contribution is -2.54. The molecule has 0 aromatic rings. The molecule has 0 heterocycles. The summed E-state index contributed by atoms with van der Waals surface area (Å²) in [6.07, 6.45) is 5.19. The second-order valence-corrected chi connectivity index (χ2v) is 4.61. The lowest BCUT2D eigenvalue weighted by atomic mass is 9.42. The molecule has 0 aliphatic heterocycles. The molecule has 0 amide bonds. The molecule has 3 aliphatic rings. The van der Waals surface area contributed by atoms with Crippen LogP contribution in [-0.2, 0) is 0 Å². The molecular formula is C11H14. The maximum Gasteiger partial charge on any atom is 0.00908 e. The van der Waals surface area contributed by atoms with Gasteiger partial charge in [-0.3, -0.25) is 0 Å². The van der Waals surface area contributed by atoms with Crippen molar-refractivity contribution >= 4 is 0 Å². The molecular weight excluding hydrogens is 132 g/mol. The summed E-state index contributed by atoms with van der Waals surface area (Å²) in [6, 6.07) is 0. The van der Waals surface area contributed by atoms with E-state index in [0.29, 0.717) is 5.41 Å². The van der Waals surface area contributed by atoms with Crippen LogP contribution in [0.1, 0.15) is 26.7 Å². The van der Waals surface area contributed by atoms with Crippen molar-refractivity contribution in [2.45, 2.75) is 26.7 Å². The summed E-state index contributed by atoms with van der Waals surface area (Å²) >= 11 is 0. The summed E-state index contributed by atoms with van der Waals surface area (Å²) in [7, 11) is 0. The average Bonchev–Trinajstić information content (AvgIpc) is 2.19. The Hall–Kier alpha value is -0.480. The van der Waals surface area contributed by atoms with Gasteiger partial charge in [0.2, 0.25) is 0 Å². The van der Waals surface area contributed by atoms with Gasteiger partial charge in [-0.05, 0) is 42.2 Å². The molecule has 11 heavy (non-hydrogen) atoms. The molecule has 4 atom stereocenters. The van der Waals surface area contributed by atoms with Gasteiger partial charge in [0.1, 0.15) is 0 Å². The highest BCUT2D eigenvalue weighted by Crippen LogP contribution is 2.70. The van der Waals surface area contributed by atoms with Crippen LogP contribution in [0, 0.1) is 23.2 Å². The molecule has 0 radical (unpaired) electrons. The van der Waals surface area contributed by atoms with E-state index in [1.165, 1.54) is 12.8 Å². The van der Waals surface area contributed by atoms with Gasteiger partial charge in [-0.1, -0.05) is 13.8 Å². The van der Waals surface area contributed by atoms with Gasteiger partial charge in [-0.2, -0.15) is 0 Å². The van der Waals surface area contributed by atoms with E-state index in [9.17, 15) is 0 Å². The molecule has 1 spiro atoms. The normalized spacial score (nSPS) is 57.3. The maximum atomic E-state index is 3.48. The van der Waals surface area contributed by atoms with E-state index in [-0.39, 0.29) is 0 Å². The molecule has 0 aromatic carbocycles. The molecule has 2 saturated carbocycles. The molecule has 4 unspecified atom stereocenters. The van der Waals surface area contributed by atoms with E-state index >= 15 is 0 Å². The van der Waals surface area contributed by atoms with Gasteiger partial charge < -0.3 is 0 Å². The van der Waals surface area contributed by atoms with Gasteiger partial charge in [0, 0.05) is 5.41 Å². The van der Waals surface area contributed by atoms with E-state index < -0.39 is 0 Å². The molecule has 2 fully saturated rings. The van der Waals surface area contributed by atoms with Crippen molar-refractivity contribution in [3.63, 3.8) is 0 Å². The predicted molar refractivity (Wildman–Crippen MR) is 45.1 cm³/mol. The standard InChI is InChI=1S/C11H14/c1-7-6-11-8(2)5-9(11)3-4-10(7)11/h3,7-9H,5-6H2,1-2H3. The summed E-state index contributed by atoms with van der Waals surface area (Å²) in [5, 5.41) is 0. The van der Waals surface area contributed by atoms with E-state index in [1.807, 2.05) is 0 Å². The van der Waals surface area contributed by atoms with E-state index in [2.05, 4.69) is 25.7 Å². The number of allylic oxidation sites excluding steroid dienone is 1. The summed E-state index contributed by atoms with van der Waals surface area (Å²) in [6.45, 7) is 4.75. The van der Waals surface area contributed by atoms with Crippen molar-refractivity contribution in [1.82, 2.24) is 0 Å². The van der Waals surface area contributed by atoms with Crippen LogP contribution in [0.5, 0.6) is 0 Å². The van der Waals surface area contributed by atoms with Crippen LogP contribution in [0.4, 0.5) is 0 Å². The maximum absolute atomic E-state index is 3.48. The number of hydrogen-bond donors (Lipinski definition) is 0. The van der Waals surface area contributed by atoms with Crippen molar-refractivity contribution < 1.29 is 0 Å². The zero-order valence-corrected chi connectivity index (χ0v) is 7.22. The third-order valence-electron chi connectivity index (χ3n) is 4.23. The third-order valence-corrected chi connectivity index (χ3v) is 4.23. The van der Waals surface area contributed by atoms with Gasteiger partial charge >= 0.3 is 0 Å². The molecule has 0 saturated heterocycles. The Bertz CT molecular complexity index is 280. The smallest absolute Gasteiger partial charge is 0.00908 e. The van der Waals surface area contributed by atoms with Crippen molar-refractivity contribution in [3.05, 3.63) is 17.4 Å². The Labute approximate surface area is 68.0 Å². The highest BCUT2D eigenvalue weighted by molar-refractivity contribution is 5.39. The fourth-order valence-electron chi connectivity index (χ4n) is 3.55. The second-order valence-electron chi connectivity index (χ2n) is 4.61. The van der Waals surface area contributed by atoms with Crippen LogP contribution in [-0.4, -0.2) is 0 Å². The van der Waals surface area contributed by atoms with E-state index in [4.69, 9.17) is 0 Å². The highest BCUT2D eigenvalue weighted by atomic mass is 14.7. The quantitative estimate of drug-likeness (QED) is 0.461. The largest absolute Gasteiger partial charge is 0.125 e. The summed E-state index contributed by atoms with van der Waals surface area (Å²) in [5.41, 5.74) is 5.79. The van der Waals surface area contributed by atoms with E-state index in [0.717, 1.165) is 17.8 Å². The van der Waals surface area contributed by atoms with Crippen molar-refractivity contribution in [2.75, 3.05) is 0 Å². The Morgan fingerprint density at radius 2 is 2.36 bits per heavy atom. The van der Waals surface area contributed by atoms with Gasteiger partial charge in [-0.15, -0.1) is 5.73 Å². The monoisotopic (exact) mass is 146 g/mol.